The summed E-state index contributed by atoms with van der Waals surface area (Å²) in [5.41, 5.74) is 3.78. The molecule has 0 radical (unpaired) electrons. The second-order valence-corrected chi connectivity index (χ2v) is 9.61. The lowest BCUT2D eigenvalue weighted by molar-refractivity contribution is 0.0636. The molecule has 0 fully saturated rings. The molecule has 0 saturated carbocycles. The van der Waals surface area contributed by atoms with Crippen LogP contribution in [-0.2, 0) is 24.2 Å². The number of rotatable bonds is 6. The molecule has 3 aromatic heterocycles. The normalized spacial score (nSPS) is 13.5. The maximum absolute atomic E-state index is 12.2. The van der Waals surface area contributed by atoms with Gasteiger partial charge in [0.2, 0.25) is 5.95 Å². The van der Waals surface area contributed by atoms with Crippen molar-refractivity contribution in [1.29, 1.82) is 0 Å². The van der Waals surface area contributed by atoms with Crippen molar-refractivity contribution < 1.29 is 9.53 Å². The molecule has 1 aromatic carbocycles. The number of hydrogen-bond acceptors (Lipinski definition) is 10. The van der Waals surface area contributed by atoms with Crippen LogP contribution in [0.5, 0.6) is 0 Å². The maximum Gasteiger partial charge on any atom is 0.412 e. The van der Waals surface area contributed by atoms with E-state index in [1.807, 2.05) is 39.0 Å². The van der Waals surface area contributed by atoms with Gasteiger partial charge in [-0.25, -0.2) is 9.78 Å². The van der Waals surface area contributed by atoms with Crippen LogP contribution in [0, 0.1) is 6.92 Å². The summed E-state index contributed by atoms with van der Waals surface area (Å²) in [6, 6.07) is 5.92. The Morgan fingerprint density at radius 3 is 2.86 bits per heavy atom. The lowest BCUT2D eigenvalue weighted by Crippen LogP contribution is -2.32. The Bertz CT molecular complexity index is 1390. The highest BCUT2D eigenvalue weighted by molar-refractivity contribution is 5.85. The van der Waals surface area contributed by atoms with E-state index in [2.05, 4.69) is 45.9 Å². The van der Waals surface area contributed by atoms with E-state index in [9.17, 15) is 4.79 Å². The number of H-pyrrole nitrogens is 1. The number of fused-ring (bicyclic) bond motifs is 2. The summed E-state index contributed by atoms with van der Waals surface area (Å²) in [4.78, 5) is 32.8. The Hall–Kier alpha value is -4.29. The van der Waals surface area contributed by atoms with Gasteiger partial charge in [-0.2, -0.15) is 14.8 Å². The van der Waals surface area contributed by atoms with Crippen LogP contribution in [0.25, 0.3) is 11.2 Å². The van der Waals surface area contributed by atoms with Gasteiger partial charge >= 0.3 is 6.09 Å². The summed E-state index contributed by atoms with van der Waals surface area (Å²) in [6.45, 7) is 9.79. The van der Waals surface area contributed by atoms with Gasteiger partial charge in [-0.1, -0.05) is 6.07 Å². The number of amides is 1. The van der Waals surface area contributed by atoms with Crippen molar-refractivity contribution in [3.05, 3.63) is 41.5 Å². The van der Waals surface area contributed by atoms with Crippen molar-refractivity contribution in [3.63, 3.8) is 0 Å². The van der Waals surface area contributed by atoms with E-state index in [0.29, 0.717) is 48.6 Å². The lowest BCUT2D eigenvalue weighted by Gasteiger charge is -2.29. The number of carbonyl (C=O) groups is 1. The van der Waals surface area contributed by atoms with E-state index in [1.165, 1.54) is 5.56 Å². The first kappa shape index (κ1) is 23.5. The number of imidazole rings is 1. The van der Waals surface area contributed by atoms with E-state index in [-0.39, 0.29) is 0 Å². The largest absolute Gasteiger partial charge is 0.444 e. The fraction of sp³-hybridized carbons (Fsp3) is 0.435. The predicted molar refractivity (Wildman–Crippen MR) is 134 cm³/mol. The first-order chi connectivity index (χ1) is 17.2. The second kappa shape index (κ2) is 9.40. The van der Waals surface area contributed by atoms with Crippen LogP contribution in [0.2, 0.25) is 0 Å². The molecule has 0 aliphatic carbocycles. The molecule has 0 spiro atoms. The highest BCUT2D eigenvalue weighted by Crippen LogP contribution is 2.27. The Labute approximate surface area is 207 Å². The van der Waals surface area contributed by atoms with Gasteiger partial charge in [0.25, 0.3) is 0 Å². The molecule has 5 rings (SSSR count). The molecule has 0 saturated heterocycles. The van der Waals surface area contributed by atoms with Crippen LogP contribution in [0.4, 0.5) is 22.2 Å². The number of aryl methyl sites for hydroxylation is 1. The third-order valence-electron chi connectivity index (χ3n) is 5.58. The summed E-state index contributed by atoms with van der Waals surface area (Å²) in [6.07, 6.45) is 1.97. The molecule has 4 aromatic rings. The molecule has 4 heterocycles. The molecule has 13 heteroatoms. The summed E-state index contributed by atoms with van der Waals surface area (Å²) in [7, 11) is 0. The SMILES string of the molecule is Cc1nnn(CCNc2nc(N3CCc4ccc(NC(=O)OC(C)(C)C)cc4C3)nc3nc[nH]c23)n1. The van der Waals surface area contributed by atoms with Gasteiger partial charge in [-0.05, 0) is 62.6 Å². The fourth-order valence-corrected chi connectivity index (χ4v) is 4.01. The summed E-state index contributed by atoms with van der Waals surface area (Å²) < 4.78 is 5.37. The highest BCUT2D eigenvalue weighted by atomic mass is 16.6. The number of benzene rings is 1. The zero-order chi connectivity index (χ0) is 25.3. The van der Waals surface area contributed by atoms with E-state index in [1.54, 1.807) is 18.0 Å². The Kier molecular flexibility index (Phi) is 6.12. The minimum atomic E-state index is -0.562. The second-order valence-electron chi connectivity index (χ2n) is 9.61. The van der Waals surface area contributed by atoms with E-state index < -0.39 is 11.7 Å². The van der Waals surface area contributed by atoms with Crippen LogP contribution in [0.15, 0.2) is 24.5 Å². The van der Waals surface area contributed by atoms with Crippen LogP contribution in [0.3, 0.4) is 0 Å². The van der Waals surface area contributed by atoms with Crippen molar-refractivity contribution in [1.82, 2.24) is 40.1 Å². The maximum atomic E-state index is 12.2. The molecule has 1 aliphatic heterocycles. The van der Waals surface area contributed by atoms with Gasteiger partial charge in [0.15, 0.2) is 17.3 Å². The molecule has 0 unspecified atom stereocenters. The van der Waals surface area contributed by atoms with Crippen molar-refractivity contribution in [2.24, 2.45) is 0 Å². The van der Waals surface area contributed by atoms with Crippen LogP contribution in [-0.4, -0.2) is 64.9 Å². The smallest absolute Gasteiger partial charge is 0.412 e. The van der Waals surface area contributed by atoms with E-state index in [0.717, 1.165) is 24.0 Å². The Morgan fingerprint density at radius 1 is 1.22 bits per heavy atom. The predicted octanol–water partition coefficient (Wildman–Crippen LogP) is 2.67. The monoisotopic (exact) mass is 491 g/mol. The Morgan fingerprint density at radius 2 is 2.08 bits per heavy atom. The molecule has 3 N–H and O–H groups in total. The molecule has 1 aliphatic rings. The average molecular weight is 492 g/mol. The highest BCUT2D eigenvalue weighted by Gasteiger charge is 2.22. The molecule has 188 valence electrons. The number of tetrazole rings is 1. The Balaban J connectivity index is 1.32. The molecule has 36 heavy (non-hydrogen) atoms. The summed E-state index contributed by atoms with van der Waals surface area (Å²) in [5.74, 6) is 1.88. The minimum Gasteiger partial charge on any atom is -0.444 e. The summed E-state index contributed by atoms with van der Waals surface area (Å²) in [5, 5.41) is 18.3. The lowest BCUT2D eigenvalue weighted by atomic mass is 9.99. The van der Waals surface area contributed by atoms with Crippen molar-refractivity contribution >= 4 is 34.7 Å². The van der Waals surface area contributed by atoms with Crippen molar-refractivity contribution in [2.75, 3.05) is 28.6 Å². The number of hydrogen-bond donors (Lipinski definition) is 3. The topological polar surface area (TPSA) is 152 Å². The van der Waals surface area contributed by atoms with Crippen molar-refractivity contribution in [2.45, 2.75) is 52.8 Å². The number of ether oxygens (including phenoxy) is 1. The van der Waals surface area contributed by atoms with Gasteiger partial charge in [-0.15, -0.1) is 10.2 Å². The molecule has 1 amide bonds. The van der Waals surface area contributed by atoms with E-state index >= 15 is 0 Å². The summed E-state index contributed by atoms with van der Waals surface area (Å²) >= 11 is 0. The molecular weight excluding hydrogens is 462 g/mol. The zero-order valence-electron chi connectivity index (χ0n) is 20.7. The van der Waals surface area contributed by atoms with Crippen LogP contribution in [0.1, 0.15) is 37.7 Å². The third kappa shape index (κ3) is 5.34. The number of aromatic amines is 1. The first-order valence-electron chi connectivity index (χ1n) is 11.8. The quantitative estimate of drug-likeness (QED) is 0.367. The minimum absolute atomic E-state index is 0.477. The molecule has 0 bridgehead atoms. The van der Waals surface area contributed by atoms with Crippen molar-refractivity contribution in [3.8, 4) is 0 Å². The molecule has 13 nitrogen and oxygen atoms in total. The first-order valence-corrected chi connectivity index (χ1v) is 11.8. The van der Waals surface area contributed by atoms with Gasteiger partial charge in [-0.3, -0.25) is 5.32 Å². The van der Waals surface area contributed by atoms with E-state index in [4.69, 9.17) is 9.72 Å². The van der Waals surface area contributed by atoms with Gasteiger partial charge in [0.1, 0.15) is 11.1 Å². The fourth-order valence-electron chi connectivity index (χ4n) is 4.01. The average Bonchev–Trinajstić information content (AvgIpc) is 3.46. The number of aromatic nitrogens is 8. The third-order valence-corrected chi connectivity index (χ3v) is 5.58. The van der Waals surface area contributed by atoms with Crippen LogP contribution >= 0.6 is 0 Å². The zero-order valence-corrected chi connectivity index (χ0v) is 20.7. The number of nitrogens with one attached hydrogen (secondary N) is 3. The number of nitrogens with zero attached hydrogens (tertiary/aromatic N) is 8. The van der Waals surface area contributed by atoms with Crippen LogP contribution < -0.4 is 15.5 Å². The van der Waals surface area contributed by atoms with Gasteiger partial charge in [0, 0.05) is 25.3 Å². The van der Waals surface area contributed by atoms with Gasteiger partial charge in [0.05, 0.1) is 12.9 Å². The number of anilines is 3. The number of carbonyl (C=O) groups excluding carboxylic acids is 1. The standard InChI is InChI=1S/C23H29N11O2/c1-14-30-32-34(31-14)10-8-24-19-18-20(26-13-25-18)29-21(28-19)33-9-7-15-5-6-17(11-16(15)12-33)27-22(35)36-23(2,3)4/h5-6,11,13H,7-10,12H2,1-4H3,(H,27,35)(H2,24,25,26,28,29). The molecular formula is C23H29N11O2. The molecule has 0 atom stereocenters. The van der Waals surface area contributed by atoms with Gasteiger partial charge < -0.3 is 19.9 Å².